The van der Waals surface area contributed by atoms with E-state index < -0.39 is 23.3 Å². The van der Waals surface area contributed by atoms with Gasteiger partial charge in [0.25, 0.3) is 5.91 Å². The fourth-order valence-corrected chi connectivity index (χ4v) is 4.23. The molecule has 2 amide bonds. The van der Waals surface area contributed by atoms with E-state index in [-0.39, 0.29) is 29.9 Å². The Balaban J connectivity index is 1.70. The van der Waals surface area contributed by atoms with E-state index in [0.717, 1.165) is 5.56 Å². The molecule has 26 heavy (non-hydrogen) atoms. The molecule has 0 aliphatic carbocycles. The molecule has 0 aromatic heterocycles. The third kappa shape index (κ3) is 3.55. The highest BCUT2D eigenvalue weighted by Gasteiger charge is 2.54. The highest BCUT2D eigenvalue weighted by atomic mass is 32.2. The molecule has 2 atom stereocenters. The van der Waals surface area contributed by atoms with Gasteiger partial charge in [-0.15, -0.1) is 11.8 Å². The molecule has 1 aromatic carbocycles. The molecule has 1 aromatic rings. The van der Waals surface area contributed by atoms with E-state index in [1.807, 2.05) is 30.3 Å². The molecule has 2 aliphatic rings. The lowest BCUT2D eigenvalue weighted by atomic mass is 10.0. The molecule has 2 N–H and O–H groups in total. The van der Waals surface area contributed by atoms with Crippen LogP contribution in [0.15, 0.2) is 41.8 Å². The van der Waals surface area contributed by atoms with Crippen LogP contribution in [0.25, 0.3) is 0 Å². The molecule has 1 fully saturated rings. The molecule has 0 radical (unpaired) electrons. The minimum Gasteiger partial charge on any atom is -0.492 e. The molecule has 138 valence electrons. The quantitative estimate of drug-likeness (QED) is 0.728. The summed E-state index contributed by atoms with van der Waals surface area (Å²) in [6, 6.07) is 8.51. The van der Waals surface area contributed by atoms with Crippen molar-refractivity contribution in [2.75, 3.05) is 5.75 Å². The number of carboxylic acids is 1. The van der Waals surface area contributed by atoms with Crippen molar-refractivity contribution in [1.82, 2.24) is 10.2 Å². The molecule has 1 unspecified atom stereocenters. The molecule has 3 rings (SSSR count). The van der Waals surface area contributed by atoms with Crippen LogP contribution >= 0.6 is 11.8 Å². The van der Waals surface area contributed by atoms with Gasteiger partial charge in [0.15, 0.2) is 5.70 Å². The molecular weight excluding hydrogens is 356 g/mol. The van der Waals surface area contributed by atoms with Gasteiger partial charge in [-0.1, -0.05) is 30.3 Å². The molecule has 2 heterocycles. The van der Waals surface area contributed by atoms with Crippen molar-refractivity contribution in [2.45, 2.75) is 37.8 Å². The summed E-state index contributed by atoms with van der Waals surface area (Å²) in [7, 11) is 0. The number of rotatable bonds is 6. The van der Waals surface area contributed by atoms with Crippen molar-refractivity contribution in [3.8, 4) is 0 Å². The largest absolute Gasteiger partial charge is 0.492 e. The zero-order valence-electron chi connectivity index (χ0n) is 14.5. The van der Waals surface area contributed by atoms with Crippen LogP contribution in [0.2, 0.25) is 0 Å². The third-order valence-electron chi connectivity index (χ3n) is 4.04. The number of β-lactam (4-membered cyclic amide) rings is 1. The lowest BCUT2D eigenvalue weighted by Crippen LogP contribution is -2.70. The molecular formula is C18H20N2O5S. The van der Waals surface area contributed by atoms with Crippen LogP contribution in [0.5, 0.6) is 0 Å². The Kier molecular flexibility index (Phi) is 5.22. The number of nitrogens with zero attached hydrogens (tertiary/aromatic N) is 1. The van der Waals surface area contributed by atoms with Crippen LogP contribution < -0.4 is 5.32 Å². The second kappa shape index (κ2) is 7.41. The van der Waals surface area contributed by atoms with Crippen LogP contribution in [0, 0.1) is 0 Å². The lowest BCUT2D eigenvalue weighted by Gasteiger charge is -2.49. The smallest absolute Gasteiger partial charge is 0.356 e. The molecule has 7 nitrogen and oxygen atoms in total. The van der Waals surface area contributed by atoms with Crippen molar-refractivity contribution >= 4 is 29.5 Å². The van der Waals surface area contributed by atoms with Gasteiger partial charge >= 0.3 is 5.97 Å². The van der Waals surface area contributed by atoms with Gasteiger partial charge in [0.05, 0.1) is 18.3 Å². The highest BCUT2D eigenvalue weighted by molar-refractivity contribution is 8.00. The second-order valence-electron chi connectivity index (χ2n) is 6.36. The number of hydrogen-bond acceptors (Lipinski definition) is 5. The standard InChI is InChI=1S/C18H20N2O5S/c1-10(2)25-12-9-26-17-14(16(22)20(17)15(12)18(23)24)19-13(21)8-11-6-4-3-5-7-11/h3-7,10,14,17H,8-9H2,1-2H3,(H,19,21)(H,23,24)/t14?,17-/m0/s1. The van der Waals surface area contributed by atoms with E-state index in [1.165, 1.54) is 16.7 Å². The number of amides is 2. The van der Waals surface area contributed by atoms with Crippen LogP contribution in [0.1, 0.15) is 19.4 Å². The van der Waals surface area contributed by atoms with Crippen molar-refractivity contribution in [3.05, 3.63) is 47.4 Å². The number of ether oxygens (including phenoxy) is 1. The van der Waals surface area contributed by atoms with Crippen LogP contribution in [0.4, 0.5) is 0 Å². The maximum atomic E-state index is 12.5. The predicted molar refractivity (Wildman–Crippen MR) is 96.1 cm³/mol. The number of aliphatic carboxylic acids is 1. The molecule has 8 heteroatoms. The van der Waals surface area contributed by atoms with Gasteiger partial charge in [-0.2, -0.15) is 0 Å². The molecule has 0 bridgehead atoms. The molecule has 0 spiro atoms. The molecule has 1 saturated heterocycles. The Morgan fingerprint density at radius 3 is 2.65 bits per heavy atom. The average molecular weight is 376 g/mol. The van der Waals surface area contributed by atoms with Crippen molar-refractivity contribution in [1.29, 1.82) is 0 Å². The number of carbonyl (C=O) groups excluding carboxylic acids is 2. The van der Waals surface area contributed by atoms with Gasteiger partial charge in [-0.05, 0) is 19.4 Å². The van der Waals surface area contributed by atoms with Crippen molar-refractivity contribution in [2.24, 2.45) is 0 Å². The highest BCUT2D eigenvalue weighted by Crippen LogP contribution is 2.40. The van der Waals surface area contributed by atoms with Gasteiger partial charge in [0.1, 0.15) is 17.2 Å². The number of benzene rings is 1. The first-order chi connectivity index (χ1) is 12.4. The van der Waals surface area contributed by atoms with E-state index in [1.54, 1.807) is 13.8 Å². The zero-order chi connectivity index (χ0) is 18.8. The molecule has 2 aliphatic heterocycles. The fraction of sp³-hybridized carbons (Fsp3) is 0.389. The summed E-state index contributed by atoms with van der Waals surface area (Å²) in [5, 5.41) is 11.8. The maximum Gasteiger partial charge on any atom is 0.356 e. The van der Waals surface area contributed by atoms with Gasteiger partial charge in [-0.3, -0.25) is 14.5 Å². The van der Waals surface area contributed by atoms with E-state index in [2.05, 4.69) is 5.32 Å². The fourth-order valence-electron chi connectivity index (χ4n) is 2.97. The van der Waals surface area contributed by atoms with Gasteiger partial charge in [0, 0.05) is 0 Å². The summed E-state index contributed by atoms with van der Waals surface area (Å²) in [5.41, 5.74) is 0.727. The number of carbonyl (C=O) groups is 3. The first kappa shape index (κ1) is 18.3. The summed E-state index contributed by atoms with van der Waals surface area (Å²) >= 11 is 1.39. The number of nitrogens with one attached hydrogen (secondary N) is 1. The summed E-state index contributed by atoms with van der Waals surface area (Å²) in [4.78, 5) is 37.5. The Morgan fingerprint density at radius 2 is 2.04 bits per heavy atom. The van der Waals surface area contributed by atoms with Gasteiger partial charge in [0.2, 0.25) is 5.91 Å². The Hall–Kier alpha value is -2.48. The number of carboxylic acid groups (broad SMARTS) is 1. The number of thioether (sulfide) groups is 1. The van der Waals surface area contributed by atoms with Crippen LogP contribution in [-0.2, 0) is 25.5 Å². The van der Waals surface area contributed by atoms with Crippen LogP contribution in [-0.4, -0.2) is 51.1 Å². The summed E-state index contributed by atoms with van der Waals surface area (Å²) < 4.78 is 5.56. The first-order valence-corrected chi connectivity index (χ1v) is 9.34. The molecule has 0 saturated carbocycles. The summed E-state index contributed by atoms with van der Waals surface area (Å²) in [5.74, 6) is -1.26. The monoisotopic (exact) mass is 376 g/mol. The minimum absolute atomic E-state index is 0.124. The SMILES string of the molecule is CC(C)OC1=C(C(=O)O)N2C(=O)C(NC(=O)Cc3ccccc3)[C@@H]2SC1. The van der Waals surface area contributed by atoms with E-state index in [0.29, 0.717) is 5.75 Å². The van der Waals surface area contributed by atoms with E-state index >= 15 is 0 Å². The summed E-state index contributed by atoms with van der Waals surface area (Å²) in [6.07, 6.45) is -0.0139. The average Bonchev–Trinajstić information content (AvgIpc) is 2.59. The Bertz CT molecular complexity index is 762. The first-order valence-electron chi connectivity index (χ1n) is 8.29. The Labute approximate surface area is 155 Å². The van der Waals surface area contributed by atoms with Crippen molar-refractivity contribution in [3.63, 3.8) is 0 Å². The van der Waals surface area contributed by atoms with Crippen molar-refractivity contribution < 1.29 is 24.2 Å². The maximum absolute atomic E-state index is 12.5. The van der Waals surface area contributed by atoms with E-state index in [9.17, 15) is 19.5 Å². The van der Waals surface area contributed by atoms with Crippen LogP contribution in [0.3, 0.4) is 0 Å². The number of hydrogen-bond donors (Lipinski definition) is 2. The minimum atomic E-state index is -1.20. The van der Waals surface area contributed by atoms with Gasteiger partial charge in [-0.25, -0.2) is 4.79 Å². The predicted octanol–water partition coefficient (Wildman–Crippen LogP) is 1.35. The lowest BCUT2D eigenvalue weighted by molar-refractivity contribution is -0.151. The Morgan fingerprint density at radius 1 is 1.35 bits per heavy atom. The second-order valence-corrected chi connectivity index (χ2v) is 7.47. The zero-order valence-corrected chi connectivity index (χ0v) is 15.3. The third-order valence-corrected chi connectivity index (χ3v) is 5.29. The van der Waals surface area contributed by atoms with Gasteiger partial charge < -0.3 is 15.2 Å². The topological polar surface area (TPSA) is 95.9 Å². The van der Waals surface area contributed by atoms with E-state index in [4.69, 9.17) is 4.74 Å². The normalized spacial score (nSPS) is 22.0. The summed E-state index contributed by atoms with van der Waals surface area (Å²) in [6.45, 7) is 3.60. The number of fused-ring (bicyclic) bond motifs is 1.